The van der Waals surface area contributed by atoms with E-state index in [0.717, 1.165) is 5.56 Å². The highest BCUT2D eigenvalue weighted by molar-refractivity contribution is 5.61. The molecule has 2 aromatic carbocycles. The normalized spacial score (nSPS) is 10.2. The van der Waals surface area contributed by atoms with E-state index in [0.29, 0.717) is 29.4 Å². The molecule has 0 aliphatic heterocycles. The maximum atomic E-state index is 10.1. The quantitative estimate of drug-likeness (QED) is 0.908. The first kappa shape index (κ1) is 14.1. The molecule has 0 aliphatic carbocycles. The van der Waals surface area contributed by atoms with E-state index in [1.165, 1.54) is 7.11 Å². The average molecular weight is 274 g/mol. The second-order valence-electron chi connectivity index (χ2n) is 4.38. The highest BCUT2D eigenvalue weighted by Gasteiger charge is 2.19. The molecule has 0 heterocycles. The molecule has 0 fully saturated rings. The first-order valence-corrected chi connectivity index (χ1v) is 6.28. The summed E-state index contributed by atoms with van der Waals surface area (Å²) in [5.41, 5.74) is 1.68. The van der Waals surface area contributed by atoms with Gasteiger partial charge in [0.15, 0.2) is 11.5 Å². The molecule has 4 heteroatoms. The van der Waals surface area contributed by atoms with Crippen LogP contribution in [0.2, 0.25) is 0 Å². The molecule has 106 valence electrons. The SMILES string of the molecule is COc1cc(C)c(O)c(OCc2ccccc2)c1OC. The van der Waals surface area contributed by atoms with Crippen molar-refractivity contribution in [3.63, 3.8) is 0 Å². The van der Waals surface area contributed by atoms with Gasteiger partial charge in [0.25, 0.3) is 0 Å². The molecule has 0 aromatic heterocycles. The lowest BCUT2D eigenvalue weighted by molar-refractivity contribution is 0.261. The second-order valence-corrected chi connectivity index (χ2v) is 4.38. The Morgan fingerprint density at radius 2 is 1.70 bits per heavy atom. The standard InChI is InChI=1S/C16H18O4/c1-11-9-13(18-2)15(19-3)16(14(11)17)20-10-12-7-5-4-6-8-12/h4-9,17H,10H2,1-3H3. The van der Waals surface area contributed by atoms with Crippen LogP contribution < -0.4 is 14.2 Å². The minimum absolute atomic E-state index is 0.0681. The predicted molar refractivity (Wildman–Crippen MR) is 76.7 cm³/mol. The Morgan fingerprint density at radius 3 is 2.30 bits per heavy atom. The zero-order valence-electron chi connectivity index (χ0n) is 11.8. The number of aromatic hydroxyl groups is 1. The van der Waals surface area contributed by atoms with Gasteiger partial charge in [-0.25, -0.2) is 0 Å². The van der Waals surface area contributed by atoms with Crippen molar-refractivity contribution < 1.29 is 19.3 Å². The molecule has 0 saturated carbocycles. The van der Waals surface area contributed by atoms with Crippen molar-refractivity contribution in [2.45, 2.75) is 13.5 Å². The number of hydrogen-bond donors (Lipinski definition) is 1. The number of benzene rings is 2. The highest BCUT2D eigenvalue weighted by atomic mass is 16.5. The fourth-order valence-electron chi connectivity index (χ4n) is 1.94. The van der Waals surface area contributed by atoms with Gasteiger partial charge in [0, 0.05) is 0 Å². The highest BCUT2D eigenvalue weighted by Crippen LogP contribution is 2.46. The lowest BCUT2D eigenvalue weighted by atomic mass is 10.1. The summed E-state index contributed by atoms with van der Waals surface area (Å²) < 4.78 is 16.2. The smallest absolute Gasteiger partial charge is 0.207 e. The van der Waals surface area contributed by atoms with E-state index < -0.39 is 0 Å². The van der Waals surface area contributed by atoms with Gasteiger partial charge >= 0.3 is 0 Å². The summed E-state index contributed by atoms with van der Waals surface area (Å²) in [6, 6.07) is 11.4. The fraction of sp³-hybridized carbons (Fsp3) is 0.250. The van der Waals surface area contributed by atoms with E-state index in [2.05, 4.69) is 0 Å². The van der Waals surface area contributed by atoms with Crippen LogP contribution in [0.15, 0.2) is 36.4 Å². The van der Waals surface area contributed by atoms with Gasteiger partial charge in [0.05, 0.1) is 14.2 Å². The van der Waals surface area contributed by atoms with Gasteiger partial charge in [0.1, 0.15) is 6.61 Å². The molecule has 0 spiro atoms. The van der Waals surface area contributed by atoms with Gasteiger partial charge in [-0.1, -0.05) is 30.3 Å². The largest absolute Gasteiger partial charge is 0.504 e. The third-order valence-electron chi connectivity index (χ3n) is 3.02. The number of methoxy groups -OCH3 is 2. The van der Waals surface area contributed by atoms with Crippen molar-refractivity contribution in [1.29, 1.82) is 0 Å². The Labute approximate surface area is 118 Å². The third-order valence-corrected chi connectivity index (χ3v) is 3.02. The summed E-state index contributed by atoms with van der Waals surface area (Å²) in [6.45, 7) is 2.13. The van der Waals surface area contributed by atoms with E-state index in [4.69, 9.17) is 14.2 Å². The number of aryl methyl sites for hydroxylation is 1. The average Bonchev–Trinajstić information content (AvgIpc) is 2.49. The Morgan fingerprint density at radius 1 is 1.00 bits per heavy atom. The van der Waals surface area contributed by atoms with Crippen molar-refractivity contribution >= 4 is 0 Å². The van der Waals surface area contributed by atoms with Crippen molar-refractivity contribution in [2.75, 3.05) is 14.2 Å². The van der Waals surface area contributed by atoms with E-state index in [1.807, 2.05) is 30.3 Å². The molecule has 2 aromatic rings. The van der Waals surface area contributed by atoms with E-state index in [1.54, 1.807) is 20.1 Å². The number of phenols is 1. The molecule has 0 radical (unpaired) electrons. The first-order valence-electron chi connectivity index (χ1n) is 6.28. The van der Waals surface area contributed by atoms with Gasteiger partial charge in [-0.3, -0.25) is 0 Å². The number of hydrogen-bond acceptors (Lipinski definition) is 4. The van der Waals surface area contributed by atoms with E-state index in [-0.39, 0.29) is 5.75 Å². The topological polar surface area (TPSA) is 47.9 Å². The fourth-order valence-corrected chi connectivity index (χ4v) is 1.94. The molecule has 20 heavy (non-hydrogen) atoms. The van der Waals surface area contributed by atoms with Crippen LogP contribution in [0.4, 0.5) is 0 Å². The van der Waals surface area contributed by atoms with Gasteiger partial charge in [0.2, 0.25) is 11.5 Å². The zero-order valence-corrected chi connectivity index (χ0v) is 11.8. The summed E-state index contributed by atoms with van der Waals surface area (Å²) in [7, 11) is 3.07. The van der Waals surface area contributed by atoms with Crippen LogP contribution in [0.1, 0.15) is 11.1 Å². The molecule has 0 atom stereocenters. The van der Waals surface area contributed by atoms with Gasteiger partial charge in [-0.15, -0.1) is 0 Å². The summed E-state index contributed by atoms with van der Waals surface area (Å²) in [4.78, 5) is 0. The predicted octanol–water partition coefficient (Wildman–Crippen LogP) is 3.30. The van der Waals surface area contributed by atoms with Crippen LogP contribution in [0.3, 0.4) is 0 Å². The Hall–Kier alpha value is -2.36. The van der Waals surface area contributed by atoms with Crippen molar-refractivity contribution in [1.82, 2.24) is 0 Å². The number of rotatable bonds is 5. The Bertz CT molecular complexity index is 579. The minimum atomic E-state index is 0.0681. The minimum Gasteiger partial charge on any atom is -0.504 e. The molecule has 0 saturated heterocycles. The summed E-state index contributed by atoms with van der Waals surface area (Å²) in [5, 5.41) is 10.1. The Balaban J connectivity index is 2.32. The Kier molecular flexibility index (Phi) is 4.35. The van der Waals surface area contributed by atoms with Crippen LogP contribution in [0.5, 0.6) is 23.0 Å². The van der Waals surface area contributed by atoms with Crippen molar-refractivity contribution in [3.8, 4) is 23.0 Å². The summed E-state index contributed by atoms with van der Waals surface area (Å²) in [5.74, 6) is 1.30. The van der Waals surface area contributed by atoms with Gasteiger partial charge in [-0.2, -0.15) is 0 Å². The van der Waals surface area contributed by atoms with Crippen LogP contribution in [-0.4, -0.2) is 19.3 Å². The third kappa shape index (κ3) is 2.79. The number of phenolic OH excluding ortho intramolecular Hbond substituents is 1. The van der Waals surface area contributed by atoms with Gasteiger partial charge in [-0.05, 0) is 24.1 Å². The van der Waals surface area contributed by atoms with Crippen LogP contribution >= 0.6 is 0 Å². The van der Waals surface area contributed by atoms with Crippen LogP contribution in [0, 0.1) is 6.92 Å². The van der Waals surface area contributed by atoms with E-state index in [9.17, 15) is 5.11 Å². The molecular formula is C16H18O4. The molecule has 4 nitrogen and oxygen atoms in total. The zero-order chi connectivity index (χ0) is 14.5. The lowest BCUT2D eigenvalue weighted by Crippen LogP contribution is -2.00. The molecule has 0 amide bonds. The molecule has 0 bridgehead atoms. The van der Waals surface area contributed by atoms with Crippen LogP contribution in [-0.2, 0) is 6.61 Å². The summed E-state index contributed by atoms with van der Waals surface area (Å²) >= 11 is 0. The number of ether oxygens (including phenoxy) is 3. The van der Waals surface area contributed by atoms with Crippen molar-refractivity contribution in [3.05, 3.63) is 47.5 Å². The molecular weight excluding hydrogens is 256 g/mol. The maximum absolute atomic E-state index is 10.1. The first-order chi connectivity index (χ1) is 9.67. The van der Waals surface area contributed by atoms with Crippen molar-refractivity contribution in [2.24, 2.45) is 0 Å². The molecule has 0 unspecified atom stereocenters. The van der Waals surface area contributed by atoms with Crippen LogP contribution in [0.25, 0.3) is 0 Å². The van der Waals surface area contributed by atoms with E-state index >= 15 is 0 Å². The molecule has 0 aliphatic rings. The summed E-state index contributed by atoms with van der Waals surface area (Å²) in [6.07, 6.45) is 0. The second kappa shape index (κ2) is 6.19. The molecule has 1 N–H and O–H groups in total. The maximum Gasteiger partial charge on any atom is 0.207 e. The van der Waals surface area contributed by atoms with Gasteiger partial charge < -0.3 is 19.3 Å². The monoisotopic (exact) mass is 274 g/mol. The molecule has 2 rings (SSSR count). The lowest BCUT2D eigenvalue weighted by Gasteiger charge is -2.16.